The van der Waals surface area contributed by atoms with E-state index in [9.17, 15) is 13.5 Å². The number of sulfonamides is 1. The zero-order chi connectivity index (χ0) is 21.0. The molecule has 0 bridgehead atoms. The van der Waals surface area contributed by atoms with Crippen molar-refractivity contribution >= 4 is 20.8 Å². The Labute approximate surface area is 178 Å². The van der Waals surface area contributed by atoms with E-state index in [-0.39, 0.29) is 17.5 Å². The van der Waals surface area contributed by atoms with Crippen LogP contribution in [0.5, 0.6) is 5.75 Å². The van der Waals surface area contributed by atoms with Crippen LogP contribution in [-0.2, 0) is 14.8 Å². The maximum Gasteiger partial charge on any atom is 0.215 e. The molecule has 0 radical (unpaired) electrons. The number of ether oxygens (including phenoxy) is 1. The molecule has 0 saturated carbocycles. The molecule has 2 aromatic carbocycles. The van der Waals surface area contributed by atoms with Crippen LogP contribution in [0.3, 0.4) is 0 Å². The van der Waals surface area contributed by atoms with Gasteiger partial charge < -0.3 is 15.2 Å². The summed E-state index contributed by atoms with van der Waals surface area (Å²) in [6.45, 7) is 6.01. The molecule has 2 N–H and O–H groups in total. The van der Waals surface area contributed by atoms with Gasteiger partial charge in [-0.15, -0.1) is 0 Å². The standard InChI is InChI=1S/C22H31N3O4S/c26-21-8-7-18-4-1-2-5-19(18)22(21)20-6-3-11-25(20)30(27,28)17-10-23-9-12-24-13-15-29-16-14-24/h1-2,4-5,7-8,20,23,26H,3,6,9-17H2. The molecule has 4 rings (SSSR count). The van der Waals surface area contributed by atoms with E-state index in [1.807, 2.05) is 30.3 Å². The molecule has 0 amide bonds. The molecule has 1 atom stereocenters. The maximum absolute atomic E-state index is 13.1. The number of aromatic hydroxyl groups is 1. The van der Waals surface area contributed by atoms with Crippen molar-refractivity contribution in [2.24, 2.45) is 0 Å². The molecule has 30 heavy (non-hydrogen) atoms. The molecule has 164 valence electrons. The Morgan fingerprint density at radius 3 is 2.70 bits per heavy atom. The quantitative estimate of drug-likeness (QED) is 0.619. The average Bonchev–Trinajstić information content (AvgIpc) is 3.24. The first-order valence-electron chi connectivity index (χ1n) is 10.8. The van der Waals surface area contributed by atoms with Crippen LogP contribution in [0, 0.1) is 0 Å². The normalized spacial score (nSPS) is 21.4. The molecule has 8 heteroatoms. The highest BCUT2D eigenvalue weighted by Crippen LogP contribution is 2.42. The lowest BCUT2D eigenvalue weighted by atomic mass is 9.97. The molecule has 2 fully saturated rings. The summed E-state index contributed by atoms with van der Waals surface area (Å²) in [5.41, 5.74) is 0.731. The first-order valence-corrected chi connectivity index (χ1v) is 12.4. The van der Waals surface area contributed by atoms with Gasteiger partial charge in [0.05, 0.1) is 25.0 Å². The smallest absolute Gasteiger partial charge is 0.215 e. The van der Waals surface area contributed by atoms with Gasteiger partial charge in [0, 0.05) is 44.8 Å². The van der Waals surface area contributed by atoms with Crippen molar-refractivity contribution in [1.82, 2.24) is 14.5 Å². The largest absolute Gasteiger partial charge is 0.508 e. The van der Waals surface area contributed by atoms with E-state index in [1.54, 1.807) is 10.4 Å². The number of phenolic OH excluding ortho intramolecular Hbond substituents is 1. The van der Waals surface area contributed by atoms with Crippen molar-refractivity contribution < 1.29 is 18.3 Å². The predicted molar refractivity (Wildman–Crippen MR) is 118 cm³/mol. The van der Waals surface area contributed by atoms with E-state index < -0.39 is 10.0 Å². The second-order valence-corrected chi connectivity index (χ2v) is 10.0. The highest BCUT2D eigenvalue weighted by Gasteiger charge is 2.36. The van der Waals surface area contributed by atoms with Gasteiger partial charge in [0.2, 0.25) is 10.0 Å². The third kappa shape index (κ3) is 4.78. The van der Waals surface area contributed by atoms with Crippen LogP contribution in [0.2, 0.25) is 0 Å². The Morgan fingerprint density at radius 2 is 1.87 bits per heavy atom. The van der Waals surface area contributed by atoms with Gasteiger partial charge in [-0.1, -0.05) is 30.3 Å². The van der Waals surface area contributed by atoms with Gasteiger partial charge in [-0.25, -0.2) is 8.42 Å². The predicted octanol–water partition coefficient (Wildman–Crippen LogP) is 1.93. The molecular weight excluding hydrogens is 402 g/mol. The summed E-state index contributed by atoms with van der Waals surface area (Å²) in [6.07, 6.45) is 1.53. The van der Waals surface area contributed by atoms with Gasteiger partial charge in [0.1, 0.15) is 5.75 Å². The summed E-state index contributed by atoms with van der Waals surface area (Å²) in [7, 11) is -3.42. The van der Waals surface area contributed by atoms with Crippen LogP contribution in [0.25, 0.3) is 10.8 Å². The zero-order valence-electron chi connectivity index (χ0n) is 17.3. The summed E-state index contributed by atoms with van der Waals surface area (Å²) >= 11 is 0. The highest BCUT2D eigenvalue weighted by atomic mass is 32.2. The second-order valence-electron chi connectivity index (χ2n) is 8.01. The number of nitrogens with zero attached hydrogens (tertiary/aromatic N) is 2. The first kappa shape index (κ1) is 21.5. The van der Waals surface area contributed by atoms with Crippen LogP contribution in [0.15, 0.2) is 36.4 Å². The van der Waals surface area contributed by atoms with Crippen LogP contribution in [0.4, 0.5) is 0 Å². The molecular formula is C22H31N3O4S. The maximum atomic E-state index is 13.1. The lowest BCUT2D eigenvalue weighted by Crippen LogP contribution is -2.41. The van der Waals surface area contributed by atoms with Crippen LogP contribution >= 0.6 is 0 Å². The van der Waals surface area contributed by atoms with Gasteiger partial charge in [-0.05, 0) is 29.7 Å². The fraction of sp³-hybridized carbons (Fsp3) is 0.545. The molecule has 2 aromatic rings. The number of phenols is 1. The van der Waals surface area contributed by atoms with E-state index in [4.69, 9.17) is 4.74 Å². The fourth-order valence-corrected chi connectivity index (χ4v) is 6.14. The summed E-state index contributed by atoms with van der Waals surface area (Å²) in [5.74, 6) is 0.238. The molecule has 0 spiro atoms. The Bertz CT molecular complexity index is 960. The Balaban J connectivity index is 1.40. The van der Waals surface area contributed by atoms with Gasteiger partial charge in [0.25, 0.3) is 0 Å². The summed E-state index contributed by atoms with van der Waals surface area (Å²) in [4.78, 5) is 2.32. The summed E-state index contributed by atoms with van der Waals surface area (Å²) in [6, 6.07) is 11.1. The number of hydrogen-bond acceptors (Lipinski definition) is 6. The van der Waals surface area contributed by atoms with Crippen molar-refractivity contribution in [3.8, 4) is 5.75 Å². The van der Waals surface area contributed by atoms with Crippen LogP contribution in [0.1, 0.15) is 24.4 Å². The monoisotopic (exact) mass is 433 g/mol. The van der Waals surface area contributed by atoms with E-state index in [2.05, 4.69) is 10.2 Å². The third-order valence-electron chi connectivity index (χ3n) is 6.09. The molecule has 7 nitrogen and oxygen atoms in total. The minimum Gasteiger partial charge on any atom is -0.508 e. The van der Waals surface area contributed by atoms with Crippen LogP contribution in [-0.4, -0.2) is 81.0 Å². The zero-order valence-corrected chi connectivity index (χ0v) is 18.1. The fourth-order valence-electron chi connectivity index (χ4n) is 4.50. The number of morpholine rings is 1. The summed E-state index contributed by atoms with van der Waals surface area (Å²) < 4.78 is 33.2. The van der Waals surface area contributed by atoms with E-state index in [0.717, 1.165) is 68.6 Å². The Hall–Kier alpha value is -1.71. The van der Waals surface area contributed by atoms with E-state index in [1.165, 1.54) is 0 Å². The third-order valence-corrected chi connectivity index (χ3v) is 7.96. The van der Waals surface area contributed by atoms with Crippen molar-refractivity contribution in [2.45, 2.75) is 18.9 Å². The average molecular weight is 434 g/mol. The van der Waals surface area contributed by atoms with Crippen LogP contribution < -0.4 is 5.32 Å². The van der Waals surface area contributed by atoms with Gasteiger partial charge in [-0.3, -0.25) is 4.90 Å². The number of rotatable bonds is 8. The van der Waals surface area contributed by atoms with Crippen molar-refractivity contribution in [1.29, 1.82) is 0 Å². The molecule has 1 unspecified atom stereocenters. The molecule has 2 aliphatic rings. The van der Waals surface area contributed by atoms with Gasteiger partial charge in [0.15, 0.2) is 0 Å². The number of nitrogens with one attached hydrogen (secondary N) is 1. The number of benzene rings is 2. The van der Waals surface area contributed by atoms with E-state index in [0.29, 0.717) is 13.1 Å². The lowest BCUT2D eigenvalue weighted by molar-refractivity contribution is 0.0385. The summed E-state index contributed by atoms with van der Waals surface area (Å²) in [5, 5.41) is 15.8. The Morgan fingerprint density at radius 1 is 1.07 bits per heavy atom. The lowest BCUT2D eigenvalue weighted by Gasteiger charge is -2.27. The Kier molecular flexibility index (Phi) is 6.90. The SMILES string of the molecule is O=S(=O)(CCNCCN1CCOCC1)N1CCCC1c1c(O)ccc2ccccc12. The molecule has 2 saturated heterocycles. The van der Waals surface area contributed by atoms with Gasteiger partial charge >= 0.3 is 0 Å². The van der Waals surface area contributed by atoms with Gasteiger partial charge in [-0.2, -0.15) is 4.31 Å². The minimum atomic E-state index is -3.42. The number of hydrogen-bond donors (Lipinski definition) is 2. The number of fused-ring (bicyclic) bond motifs is 1. The second kappa shape index (κ2) is 9.62. The topological polar surface area (TPSA) is 82.1 Å². The highest BCUT2D eigenvalue weighted by molar-refractivity contribution is 7.89. The first-order chi connectivity index (χ1) is 14.6. The van der Waals surface area contributed by atoms with E-state index >= 15 is 0 Å². The molecule has 0 aliphatic carbocycles. The molecule has 2 aliphatic heterocycles. The minimum absolute atomic E-state index is 0.0676. The molecule has 2 heterocycles. The van der Waals surface area contributed by atoms with Crippen molar-refractivity contribution in [3.63, 3.8) is 0 Å². The van der Waals surface area contributed by atoms with Crippen molar-refractivity contribution in [3.05, 3.63) is 42.0 Å². The molecule has 0 aromatic heterocycles. The van der Waals surface area contributed by atoms with Crippen molar-refractivity contribution in [2.75, 3.05) is 58.2 Å².